The number of hydrogen-bond donors (Lipinski definition) is 1. The molecule has 0 saturated carbocycles. The Morgan fingerprint density at radius 3 is 2.88 bits per heavy atom. The van der Waals surface area contributed by atoms with Gasteiger partial charge >= 0.3 is 0 Å². The quantitative estimate of drug-likeness (QED) is 0.612. The normalized spacial score (nSPS) is 11.1. The molecule has 4 rings (SSSR count). The van der Waals surface area contributed by atoms with Gasteiger partial charge in [-0.15, -0.1) is 0 Å². The smallest absolute Gasteiger partial charge is 0.168 e. The van der Waals surface area contributed by atoms with Crippen LogP contribution in [0.25, 0.3) is 17.0 Å². The van der Waals surface area contributed by atoms with Crippen LogP contribution in [0, 0.1) is 13.8 Å². The van der Waals surface area contributed by atoms with E-state index in [2.05, 4.69) is 47.4 Å². The van der Waals surface area contributed by atoms with Gasteiger partial charge in [-0.1, -0.05) is 23.8 Å². The van der Waals surface area contributed by atoms with Crippen molar-refractivity contribution in [2.45, 2.75) is 20.4 Å². The highest BCUT2D eigenvalue weighted by Gasteiger charge is 2.12. The predicted molar refractivity (Wildman–Crippen MR) is 93.9 cm³/mol. The number of benzene rings is 1. The number of aryl methyl sites for hydroxylation is 2. The van der Waals surface area contributed by atoms with E-state index in [1.807, 2.05) is 18.2 Å². The van der Waals surface area contributed by atoms with Gasteiger partial charge in [0.05, 0.1) is 18.0 Å². The third kappa shape index (κ3) is 2.54. The van der Waals surface area contributed by atoms with Crippen LogP contribution in [0.4, 0.5) is 5.82 Å². The maximum absolute atomic E-state index is 5.47. The number of furan rings is 1. The van der Waals surface area contributed by atoms with Crippen molar-refractivity contribution in [3.63, 3.8) is 0 Å². The first-order valence-electron chi connectivity index (χ1n) is 7.89. The first kappa shape index (κ1) is 14.5. The lowest BCUT2D eigenvalue weighted by Gasteiger charge is -2.11. The molecule has 5 heteroatoms. The summed E-state index contributed by atoms with van der Waals surface area (Å²) in [5.74, 6) is 1.67. The molecule has 3 heterocycles. The maximum Gasteiger partial charge on any atom is 0.168 e. The zero-order chi connectivity index (χ0) is 16.5. The molecule has 0 radical (unpaired) electrons. The van der Waals surface area contributed by atoms with E-state index in [4.69, 9.17) is 4.42 Å². The molecule has 0 unspecified atom stereocenters. The van der Waals surface area contributed by atoms with Gasteiger partial charge in [-0.25, -0.2) is 4.98 Å². The summed E-state index contributed by atoms with van der Waals surface area (Å²) in [6.45, 7) is 4.98. The minimum absolute atomic E-state index is 0.737. The Balaban J connectivity index is 1.65. The maximum atomic E-state index is 5.47. The molecule has 0 saturated heterocycles. The van der Waals surface area contributed by atoms with Crippen LogP contribution in [0.5, 0.6) is 0 Å². The Labute approximate surface area is 140 Å². The fraction of sp³-hybridized carbons (Fsp3) is 0.158. The highest BCUT2D eigenvalue weighted by atomic mass is 16.3. The Hall–Kier alpha value is -3.08. The molecule has 3 aromatic heterocycles. The second-order valence-corrected chi connectivity index (χ2v) is 5.88. The molecule has 24 heavy (non-hydrogen) atoms. The van der Waals surface area contributed by atoms with Crippen molar-refractivity contribution in [2.24, 2.45) is 0 Å². The summed E-state index contributed by atoms with van der Waals surface area (Å²) in [5.41, 5.74) is 5.48. The van der Waals surface area contributed by atoms with Crippen molar-refractivity contribution in [2.75, 3.05) is 5.32 Å². The zero-order valence-corrected chi connectivity index (χ0v) is 13.7. The van der Waals surface area contributed by atoms with Crippen LogP contribution >= 0.6 is 0 Å². The first-order valence-corrected chi connectivity index (χ1v) is 7.89. The van der Waals surface area contributed by atoms with E-state index in [1.54, 1.807) is 23.2 Å². The molecule has 0 aliphatic rings. The minimum Gasteiger partial charge on any atom is -0.464 e. The highest BCUT2D eigenvalue weighted by molar-refractivity contribution is 5.74. The van der Waals surface area contributed by atoms with Gasteiger partial charge in [0, 0.05) is 12.7 Å². The van der Waals surface area contributed by atoms with E-state index in [1.165, 1.54) is 16.7 Å². The van der Waals surface area contributed by atoms with Crippen LogP contribution in [0.1, 0.15) is 16.7 Å². The van der Waals surface area contributed by atoms with Gasteiger partial charge in [0.25, 0.3) is 0 Å². The lowest BCUT2D eigenvalue weighted by Crippen LogP contribution is -2.06. The third-order valence-electron chi connectivity index (χ3n) is 4.15. The molecule has 0 atom stereocenters. The van der Waals surface area contributed by atoms with E-state index in [0.29, 0.717) is 0 Å². The number of anilines is 1. The second kappa shape index (κ2) is 5.85. The summed E-state index contributed by atoms with van der Waals surface area (Å²) >= 11 is 0. The molecule has 0 aliphatic carbocycles. The molecule has 1 N–H and O–H groups in total. The van der Waals surface area contributed by atoms with Crippen molar-refractivity contribution in [3.05, 3.63) is 71.7 Å². The Morgan fingerprint density at radius 2 is 2.08 bits per heavy atom. The van der Waals surface area contributed by atoms with Gasteiger partial charge in [-0.05, 0) is 43.2 Å². The van der Waals surface area contributed by atoms with E-state index >= 15 is 0 Å². The number of nitrogens with one attached hydrogen (secondary N) is 1. The number of nitrogens with zero attached hydrogens (tertiary/aromatic N) is 3. The molecule has 4 aromatic rings. The molecule has 0 fully saturated rings. The van der Waals surface area contributed by atoms with Crippen LogP contribution < -0.4 is 5.32 Å². The van der Waals surface area contributed by atoms with Crippen LogP contribution in [0.3, 0.4) is 0 Å². The Bertz CT molecular complexity index is 986. The third-order valence-corrected chi connectivity index (χ3v) is 4.15. The van der Waals surface area contributed by atoms with Gasteiger partial charge in [-0.2, -0.15) is 9.61 Å². The molecular weight excluding hydrogens is 300 g/mol. The van der Waals surface area contributed by atoms with Crippen LogP contribution in [0.15, 0.2) is 59.5 Å². The lowest BCUT2D eigenvalue weighted by molar-refractivity contribution is 0.583. The van der Waals surface area contributed by atoms with E-state index in [-0.39, 0.29) is 0 Å². The molecular formula is C19H18N4O. The van der Waals surface area contributed by atoms with Gasteiger partial charge in [0.2, 0.25) is 0 Å². The predicted octanol–water partition coefficient (Wildman–Crippen LogP) is 4.22. The summed E-state index contributed by atoms with van der Waals surface area (Å²) < 4.78 is 7.28. The Morgan fingerprint density at radius 1 is 1.17 bits per heavy atom. The van der Waals surface area contributed by atoms with Crippen LogP contribution in [-0.2, 0) is 6.54 Å². The fourth-order valence-electron chi connectivity index (χ4n) is 2.86. The zero-order valence-electron chi connectivity index (χ0n) is 13.7. The van der Waals surface area contributed by atoms with Crippen LogP contribution in [-0.4, -0.2) is 14.6 Å². The fourth-order valence-corrected chi connectivity index (χ4v) is 2.86. The Kier molecular flexibility index (Phi) is 3.54. The summed E-state index contributed by atoms with van der Waals surface area (Å²) in [4.78, 5) is 4.44. The van der Waals surface area contributed by atoms with Crippen molar-refractivity contribution < 1.29 is 4.42 Å². The molecule has 1 aromatic carbocycles. The second-order valence-electron chi connectivity index (χ2n) is 5.88. The van der Waals surface area contributed by atoms with Gasteiger partial charge < -0.3 is 9.73 Å². The monoisotopic (exact) mass is 318 g/mol. The topological polar surface area (TPSA) is 55.4 Å². The van der Waals surface area contributed by atoms with Gasteiger partial charge in [0.15, 0.2) is 5.65 Å². The number of aromatic nitrogens is 3. The molecule has 0 bridgehead atoms. The summed E-state index contributed by atoms with van der Waals surface area (Å²) in [6.07, 6.45) is 5.22. The molecule has 0 aliphatic heterocycles. The summed E-state index contributed by atoms with van der Waals surface area (Å²) in [6, 6.07) is 12.2. The molecule has 120 valence electrons. The number of rotatable bonds is 4. The van der Waals surface area contributed by atoms with E-state index in [0.717, 1.165) is 29.3 Å². The van der Waals surface area contributed by atoms with Gasteiger partial charge in [-0.3, -0.25) is 0 Å². The van der Waals surface area contributed by atoms with Gasteiger partial charge in [0.1, 0.15) is 11.6 Å². The summed E-state index contributed by atoms with van der Waals surface area (Å²) in [7, 11) is 0. The number of fused-ring (bicyclic) bond motifs is 1. The SMILES string of the molecule is Cc1ccc(CNc2ccnc3c(-c4ccco4)cnn23)c(C)c1. The van der Waals surface area contributed by atoms with E-state index < -0.39 is 0 Å². The molecule has 0 amide bonds. The average Bonchev–Trinajstić information content (AvgIpc) is 3.23. The number of hydrogen-bond acceptors (Lipinski definition) is 4. The molecule has 0 spiro atoms. The molecule has 5 nitrogen and oxygen atoms in total. The summed E-state index contributed by atoms with van der Waals surface area (Å²) in [5, 5.41) is 7.91. The average molecular weight is 318 g/mol. The lowest BCUT2D eigenvalue weighted by atomic mass is 10.1. The standard InChI is InChI=1S/C19H18N4O/c1-13-5-6-15(14(2)10-13)11-21-18-7-8-20-19-16(12-22-23(18)19)17-4-3-9-24-17/h3-10,12,21H,11H2,1-2H3. The van der Waals surface area contributed by atoms with E-state index in [9.17, 15) is 0 Å². The minimum atomic E-state index is 0.737. The van der Waals surface area contributed by atoms with Crippen molar-refractivity contribution in [1.82, 2.24) is 14.6 Å². The van der Waals surface area contributed by atoms with Crippen molar-refractivity contribution >= 4 is 11.5 Å². The van der Waals surface area contributed by atoms with Crippen molar-refractivity contribution in [1.29, 1.82) is 0 Å². The van der Waals surface area contributed by atoms with Crippen LogP contribution in [0.2, 0.25) is 0 Å². The first-order chi connectivity index (χ1) is 11.7. The van der Waals surface area contributed by atoms with Crippen molar-refractivity contribution in [3.8, 4) is 11.3 Å². The largest absolute Gasteiger partial charge is 0.464 e. The highest BCUT2D eigenvalue weighted by Crippen LogP contribution is 2.25.